The van der Waals surface area contributed by atoms with Gasteiger partial charge in [0.1, 0.15) is 19.3 Å². The van der Waals surface area contributed by atoms with Crippen LogP contribution < -0.4 is 0 Å². The smallest absolute Gasteiger partial charge is 0.462 e. The lowest BCUT2D eigenvalue weighted by atomic mass is 10.0. The second-order valence-corrected chi connectivity index (χ2v) is 34.8. The Bertz CT molecular complexity index is 2010. The predicted octanol–water partition coefficient (Wildman–Crippen LogP) is 26.2. The summed E-state index contributed by atoms with van der Waals surface area (Å²) in [6, 6.07) is 0. The molecule has 5 atom stereocenters. The molecule has 0 rings (SSSR count). The van der Waals surface area contributed by atoms with Crippen molar-refractivity contribution in [1.29, 1.82) is 0 Å². The number of ether oxygens (including phenoxy) is 4. The van der Waals surface area contributed by atoms with Gasteiger partial charge in [-0.1, -0.05) is 408 Å². The molecule has 0 aliphatic rings. The van der Waals surface area contributed by atoms with E-state index < -0.39 is 97.5 Å². The Morgan fingerprint density at radius 3 is 0.648 bits per heavy atom. The highest BCUT2D eigenvalue weighted by Crippen LogP contribution is 2.45. The van der Waals surface area contributed by atoms with Gasteiger partial charge in [0.15, 0.2) is 12.2 Å². The quantitative estimate of drug-likeness (QED) is 0.0222. The van der Waals surface area contributed by atoms with Crippen molar-refractivity contribution >= 4 is 39.5 Å². The molecule has 0 radical (unpaired) electrons. The van der Waals surface area contributed by atoms with E-state index in [0.717, 1.165) is 102 Å². The number of phosphoric ester groups is 2. The Morgan fingerprint density at radius 1 is 0.257 bits per heavy atom. The Balaban J connectivity index is 5.20. The Morgan fingerprint density at radius 2 is 0.438 bits per heavy atom. The Labute approximate surface area is 645 Å². The minimum absolute atomic E-state index is 0.108. The maximum absolute atomic E-state index is 13.1. The molecule has 0 spiro atoms. The van der Waals surface area contributed by atoms with Gasteiger partial charge in [-0.05, 0) is 37.5 Å². The number of hydrogen-bond acceptors (Lipinski definition) is 15. The molecule has 0 amide bonds. The largest absolute Gasteiger partial charge is 0.472 e. The number of esters is 4. The molecule has 0 aromatic rings. The van der Waals surface area contributed by atoms with Crippen LogP contribution in [0.2, 0.25) is 0 Å². The third kappa shape index (κ3) is 79.9. The van der Waals surface area contributed by atoms with Crippen LogP contribution in [0.15, 0.2) is 0 Å². The number of aliphatic hydroxyl groups is 1. The van der Waals surface area contributed by atoms with E-state index in [0.29, 0.717) is 31.6 Å². The summed E-state index contributed by atoms with van der Waals surface area (Å²) in [5.41, 5.74) is 0. The van der Waals surface area contributed by atoms with E-state index in [9.17, 15) is 43.2 Å². The lowest BCUT2D eigenvalue weighted by Gasteiger charge is -2.21. The molecule has 19 heteroatoms. The Hall–Kier alpha value is -1.94. The highest BCUT2D eigenvalue weighted by molar-refractivity contribution is 7.47. The summed E-state index contributed by atoms with van der Waals surface area (Å²) < 4.78 is 68.8. The summed E-state index contributed by atoms with van der Waals surface area (Å²) >= 11 is 0. The molecule has 17 nitrogen and oxygen atoms in total. The lowest BCUT2D eigenvalue weighted by molar-refractivity contribution is -0.161. The molecule has 0 heterocycles. The van der Waals surface area contributed by atoms with E-state index in [1.165, 1.54) is 270 Å². The third-order valence-corrected chi connectivity index (χ3v) is 22.1. The van der Waals surface area contributed by atoms with Gasteiger partial charge in [0.05, 0.1) is 26.4 Å². The van der Waals surface area contributed by atoms with Crippen LogP contribution in [0.1, 0.15) is 459 Å². The van der Waals surface area contributed by atoms with Gasteiger partial charge in [-0.25, -0.2) is 9.13 Å². The first kappa shape index (κ1) is 103. The normalized spacial score (nSPS) is 13.8. The molecular weight excluding hydrogens is 1370 g/mol. The first-order valence-electron chi connectivity index (χ1n) is 44.5. The summed E-state index contributed by atoms with van der Waals surface area (Å²) in [5.74, 6) is -0.627. The lowest BCUT2D eigenvalue weighted by Crippen LogP contribution is -2.30. The fourth-order valence-corrected chi connectivity index (χ4v) is 15.0. The summed E-state index contributed by atoms with van der Waals surface area (Å²) in [6.07, 6.45) is 69.7. The highest BCUT2D eigenvalue weighted by Gasteiger charge is 2.30. The molecule has 0 saturated heterocycles. The topological polar surface area (TPSA) is 237 Å². The number of carbonyl (C=O) groups excluding carboxylic acids is 4. The van der Waals surface area contributed by atoms with Crippen LogP contribution in [-0.4, -0.2) is 96.7 Å². The van der Waals surface area contributed by atoms with E-state index >= 15 is 0 Å². The van der Waals surface area contributed by atoms with Gasteiger partial charge < -0.3 is 33.8 Å². The van der Waals surface area contributed by atoms with Crippen LogP contribution in [0.5, 0.6) is 0 Å². The van der Waals surface area contributed by atoms with Crippen LogP contribution in [0.4, 0.5) is 0 Å². The van der Waals surface area contributed by atoms with Gasteiger partial charge in [0.25, 0.3) is 0 Å². The minimum Gasteiger partial charge on any atom is -0.462 e. The predicted molar refractivity (Wildman–Crippen MR) is 432 cm³/mol. The zero-order chi connectivity index (χ0) is 77.1. The van der Waals surface area contributed by atoms with E-state index in [1.807, 2.05) is 0 Å². The van der Waals surface area contributed by atoms with Crippen LogP contribution >= 0.6 is 15.6 Å². The third-order valence-electron chi connectivity index (χ3n) is 20.2. The van der Waals surface area contributed by atoms with Gasteiger partial charge >= 0.3 is 39.5 Å². The maximum Gasteiger partial charge on any atom is 0.472 e. The SMILES string of the molecule is CCCCCCCCCCCCCCCCCCCCCCCCC(=O)O[C@H](COC(=O)CCCCCCCCCCCCCCCCC(C)C)COP(=O)(O)OC[C@@H](O)COP(=O)(O)OC[C@@H](COC(=O)CCCCCCCCC(C)C)OC(=O)CCCCCCCCCCCCCCCCCCC. The number of hydrogen-bond donors (Lipinski definition) is 3. The van der Waals surface area contributed by atoms with E-state index in [4.69, 9.17) is 37.0 Å². The summed E-state index contributed by atoms with van der Waals surface area (Å²) in [6.45, 7) is 9.61. The average molecular weight is 1540 g/mol. The van der Waals surface area contributed by atoms with Gasteiger partial charge in [-0.3, -0.25) is 37.3 Å². The molecule has 0 aliphatic carbocycles. The maximum atomic E-state index is 13.1. The monoisotopic (exact) mass is 1540 g/mol. The van der Waals surface area contributed by atoms with Gasteiger partial charge in [-0.15, -0.1) is 0 Å². The Kier molecular flexibility index (Phi) is 76.0. The van der Waals surface area contributed by atoms with Crippen molar-refractivity contribution in [3.05, 3.63) is 0 Å². The fourth-order valence-electron chi connectivity index (χ4n) is 13.4. The molecule has 0 saturated carbocycles. The average Bonchev–Trinajstić information content (AvgIpc) is 0.943. The second kappa shape index (κ2) is 77.4. The highest BCUT2D eigenvalue weighted by atomic mass is 31.2. The molecule has 3 N–H and O–H groups in total. The van der Waals surface area contributed by atoms with Gasteiger partial charge in [0.2, 0.25) is 0 Å². The van der Waals surface area contributed by atoms with Crippen molar-refractivity contribution in [2.75, 3.05) is 39.6 Å². The number of rotatable bonds is 85. The molecule has 0 aromatic carbocycles. The van der Waals surface area contributed by atoms with Crippen molar-refractivity contribution < 1.29 is 80.2 Å². The molecule has 105 heavy (non-hydrogen) atoms. The zero-order valence-electron chi connectivity index (χ0n) is 69.0. The molecular formula is C86H168O17P2. The molecule has 0 aliphatic heterocycles. The number of carbonyl (C=O) groups is 4. The van der Waals surface area contributed by atoms with Crippen LogP contribution in [0, 0.1) is 11.8 Å². The van der Waals surface area contributed by atoms with E-state index in [1.54, 1.807) is 0 Å². The van der Waals surface area contributed by atoms with Crippen LogP contribution in [-0.2, 0) is 65.4 Å². The van der Waals surface area contributed by atoms with Crippen LogP contribution in [0.25, 0.3) is 0 Å². The first-order chi connectivity index (χ1) is 50.9. The second-order valence-electron chi connectivity index (χ2n) is 31.9. The first-order valence-corrected chi connectivity index (χ1v) is 47.5. The van der Waals surface area contributed by atoms with Gasteiger partial charge in [-0.2, -0.15) is 0 Å². The minimum atomic E-state index is -4.97. The van der Waals surface area contributed by atoms with Crippen molar-refractivity contribution in [1.82, 2.24) is 0 Å². The van der Waals surface area contributed by atoms with Crippen molar-refractivity contribution in [3.8, 4) is 0 Å². The van der Waals surface area contributed by atoms with Crippen molar-refractivity contribution in [2.45, 2.75) is 477 Å². The summed E-state index contributed by atoms with van der Waals surface area (Å²) in [5, 5.41) is 10.7. The number of unbranched alkanes of at least 4 members (excludes halogenated alkanes) is 55. The van der Waals surface area contributed by atoms with Gasteiger partial charge in [0, 0.05) is 25.7 Å². The molecule has 0 bridgehead atoms. The van der Waals surface area contributed by atoms with Crippen molar-refractivity contribution in [3.63, 3.8) is 0 Å². The molecule has 0 fully saturated rings. The summed E-state index contributed by atoms with van der Waals surface area (Å²) in [4.78, 5) is 73.2. The molecule has 0 aromatic heterocycles. The fraction of sp³-hybridized carbons (Fsp3) is 0.953. The zero-order valence-corrected chi connectivity index (χ0v) is 70.8. The summed E-state index contributed by atoms with van der Waals surface area (Å²) in [7, 11) is -9.93. The van der Waals surface area contributed by atoms with Crippen LogP contribution in [0.3, 0.4) is 0 Å². The van der Waals surface area contributed by atoms with E-state index in [2.05, 4.69) is 41.5 Å². The number of aliphatic hydroxyl groups excluding tert-OH is 1. The van der Waals surface area contributed by atoms with E-state index in [-0.39, 0.29) is 25.7 Å². The standard InChI is InChI=1S/C86H168O17P2/c1-7-9-11-13-15-17-19-21-23-25-26-27-28-29-31-33-39-43-47-51-59-64-70-85(90)102-81(74-96-83(88)68-62-56-49-45-41-37-35-34-36-40-44-48-54-60-66-78(3)4)76-100-104(92,93)98-72-80(87)73-99-105(94,95)101-77-82(75-97-84(89)69-63-57-53-52-55-61-67-79(5)6)103-86(91)71-65-58-50-46-42-38-32-30-24-22-20-18-16-14-12-10-8-2/h78-82,87H,7-77H2,1-6H3,(H,92,93)(H,94,95)/t80-,81-,82-/m1/s1. The molecule has 624 valence electrons. The van der Waals surface area contributed by atoms with Crippen molar-refractivity contribution in [2.24, 2.45) is 11.8 Å². The molecule has 2 unspecified atom stereocenters. The number of phosphoric acid groups is 2.